The Balaban J connectivity index is 1.62. The van der Waals surface area contributed by atoms with Gasteiger partial charge in [0.05, 0.1) is 12.0 Å². The number of hydrogen-bond donors (Lipinski definition) is 0. The van der Waals surface area contributed by atoms with Gasteiger partial charge in [-0.15, -0.1) is 11.3 Å². The Bertz CT molecular complexity index is 995. The minimum Gasteiger partial charge on any atom is -0.496 e. The van der Waals surface area contributed by atoms with E-state index in [9.17, 15) is 4.79 Å². The molecule has 146 valence electrons. The number of fused-ring (bicyclic) bond motifs is 1. The van der Waals surface area contributed by atoms with Crippen molar-refractivity contribution in [2.45, 2.75) is 18.9 Å². The predicted octanol–water partition coefficient (Wildman–Crippen LogP) is 4.60. The summed E-state index contributed by atoms with van der Waals surface area (Å²) in [7, 11) is 5.39. The Kier molecular flexibility index (Phi) is 5.38. The molecule has 1 fully saturated rings. The van der Waals surface area contributed by atoms with Crippen molar-refractivity contribution in [3.05, 3.63) is 64.5 Å². The number of amides is 1. The number of carbonyl (C=O) groups excluding carboxylic acids is 1. The van der Waals surface area contributed by atoms with Crippen molar-refractivity contribution >= 4 is 27.3 Å². The summed E-state index contributed by atoms with van der Waals surface area (Å²) in [5.74, 6) is 1.43. The topological polar surface area (TPSA) is 32.8 Å². The normalized spacial score (nSPS) is 17.2. The fourth-order valence-corrected chi connectivity index (χ4v) is 5.43. The number of methoxy groups -OCH3 is 1. The smallest absolute Gasteiger partial charge is 0.263 e. The third kappa shape index (κ3) is 3.52. The number of likely N-dealkylation sites (tertiary alicyclic amines) is 1. The highest BCUT2D eigenvalue weighted by atomic mass is 32.1. The molecule has 1 saturated heterocycles. The van der Waals surface area contributed by atoms with Crippen LogP contribution in [0.2, 0.25) is 0 Å². The molecule has 0 bridgehead atoms. The van der Waals surface area contributed by atoms with Crippen LogP contribution in [0.15, 0.2) is 48.5 Å². The van der Waals surface area contributed by atoms with Crippen molar-refractivity contribution in [1.29, 1.82) is 0 Å². The zero-order valence-corrected chi connectivity index (χ0v) is 17.5. The highest BCUT2D eigenvalue weighted by Crippen LogP contribution is 2.41. The molecule has 0 spiro atoms. The number of hydrogen-bond acceptors (Lipinski definition) is 4. The summed E-state index contributed by atoms with van der Waals surface area (Å²) in [5, 5.41) is 1.24. The van der Waals surface area contributed by atoms with Crippen LogP contribution < -0.4 is 4.74 Å². The lowest BCUT2D eigenvalue weighted by molar-refractivity contribution is 0.0831. The Morgan fingerprint density at radius 3 is 2.71 bits per heavy atom. The molecule has 2 heterocycles. The molecule has 2 aromatic carbocycles. The standard InChI is InChI=1S/C23H26N2O2S/c1-24(2)23(26)22-21(18-9-5-7-11-20(18)28-22)17-12-13-25(15-17)14-16-8-4-6-10-19(16)27-3/h4-11,17H,12-15H2,1-3H3. The van der Waals surface area contributed by atoms with Gasteiger partial charge >= 0.3 is 0 Å². The van der Waals surface area contributed by atoms with E-state index in [2.05, 4.69) is 41.3 Å². The van der Waals surface area contributed by atoms with Crippen LogP contribution >= 0.6 is 11.3 Å². The number of thiophene rings is 1. The molecule has 1 aromatic heterocycles. The molecule has 0 aliphatic carbocycles. The zero-order chi connectivity index (χ0) is 19.7. The van der Waals surface area contributed by atoms with E-state index in [1.807, 2.05) is 26.2 Å². The van der Waals surface area contributed by atoms with E-state index in [-0.39, 0.29) is 5.91 Å². The van der Waals surface area contributed by atoms with E-state index in [1.165, 1.54) is 21.2 Å². The average Bonchev–Trinajstić information content (AvgIpc) is 3.31. The molecular weight excluding hydrogens is 368 g/mol. The van der Waals surface area contributed by atoms with Gasteiger partial charge in [-0.25, -0.2) is 0 Å². The van der Waals surface area contributed by atoms with Gasteiger partial charge in [-0.2, -0.15) is 0 Å². The number of ether oxygens (including phenoxy) is 1. The maximum absolute atomic E-state index is 12.9. The van der Waals surface area contributed by atoms with Crippen LogP contribution in [0.1, 0.15) is 33.1 Å². The highest BCUT2D eigenvalue weighted by molar-refractivity contribution is 7.21. The average molecular weight is 395 g/mol. The quantitative estimate of drug-likeness (QED) is 0.634. The lowest BCUT2D eigenvalue weighted by atomic mass is 9.95. The summed E-state index contributed by atoms with van der Waals surface area (Å²) >= 11 is 1.63. The third-order valence-electron chi connectivity index (χ3n) is 5.50. The second-order valence-electron chi connectivity index (χ2n) is 7.57. The Labute approximate surface area is 170 Å². The first kappa shape index (κ1) is 19.0. The van der Waals surface area contributed by atoms with Crippen molar-refractivity contribution < 1.29 is 9.53 Å². The molecule has 1 unspecified atom stereocenters. The number of rotatable bonds is 5. The van der Waals surface area contributed by atoms with Crippen LogP contribution in [0, 0.1) is 0 Å². The Hall–Kier alpha value is -2.37. The van der Waals surface area contributed by atoms with Gasteiger partial charge in [0.2, 0.25) is 0 Å². The van der Waals surface area contributed by atoms with E-state index in [1.54, 1.807) is 23.3 Å². The number of nitrogens with zero attached hydrogens (tertiary/aromatic N) is 2. The van der Waals surface area contributed by atoms with Crippen molar-refractivity contribution in [3.63, 3.8) is 0 Å². The molecular formula is C23H26N2O2S. The van der Waals surface area contributed by atoms with Crippen molar-refractivity contribution in [2.24, 2.45) is 0 Å². The fraction of sp³-hybridized carbons (Fsp3) is 0.348. The van der Waals surface area contributed by atoms with Crippen molar-refractivity contribution in [1.82, 2.24) is 9.80 Å². The molecule has 0 N–H and O–H groups in total. The van der Waals surface area contributed by atoms with Gasteiger partial charge in [-0.3, -0.25) is 9.69 Å². The van der Waals surface area contributed by atoms with Gasteiger partial charge in [0, 0.05) is 43.4 Å². The molecule has 0 radical (unpaired) electrons. The van der Waals surface area contributed by atoms with E-state index in [4.69, 9.17) is 4.74 Å². The molecule has 3 aromatic rings. The maximum Gasteiger partial charge on any atom is 0.263 e. The molecule has 28 heavy (non-hydrogen) atoms. The van der Waals surface area contributed by atoms with E-state index in [0.717, 1.165) is 36.7 Å². The molecule has 5 heteroatoms. The van der Waals surface area contributed by atoms with Crippen LogP contribution in [-0.2, 0) is 6.54 Å². The highest BCUT2D eigenvalue weighted by Gasteiger charge is 2.31. The Morgan fingerprint density at radius 1 is 1.18 bits per heavy atom. The third-order valence-corrected chi connectivity index (χ3v) is 6.68. The SMILES string of the molecule is COc1ccccc1CN1CCC(c2c(C(=O)N(C)C)sc3ccccc23)C1. The van der Waals surface area contributed by atoms with Gasteiger partial charge in [0.25, 0.3) is 5.91 Å². The van der Waals surface area contributed by atoms with Crippen LogP contribution in [0.4, 0.5) is 0 Å². The second kappa shape index (κ2) is 7.94. The van der Waals surface area contributed by atoms with Crippen molar-refractivity contribution in [2.75, 3.05) is 34.3 Å². The van der Waals surface area contributed by atoms with E-state index < -0.39 is 0 Å². The molecule has 4 rings (SSSR count). The molecule has 4 nitrogen and oxygen atoms in total. The zero-order valence-electron chi connectivity index (χ0n) is 16.6. The van der Waals surface area contributed by atoms with Gasteiger partial charge in [-0.1, -0.05) is 36.4 Å². The molecule has 1 atom stereocenters. The number of benzene rings is 2. The van der Waals surface area contributed by atoms with Gasteiger partial charge in [-0.05, 0) is 36.0 Å². The number of para-hydroxylation sites is 1. The largest absolute Gasteiger partial charge is 0.496 e. The summed E-state index contributed by atoms with van der Waals surface area (Å²) in [6, 6.07) is 16.6. The van der Waals surface area contributed by atoms with Crippen LogP contribution in [-0.4, -0.2) is 50.0 Å². The monoisotopic (exact) mass is 394 g/mol. The van der Waals surface area contributed by atoms with Crippen LogP contribution in [0.3, 0.4) is 0 Å². The van der Waals surface area contributed by atoms with Crippen molar-refractivity contribution in [3.8, 4) is 5.75 Å². The predicted molar refractivity (Wildman–Crippen MR) is 115 cm³/mol. The van der Waals surface area contributed by atoms with E-state index in [0.29, 0.717) is 5.92 Å². The summed E-state index contributed by atoms with van der Waals surface area (Å²) in [5.41, 5.74) is 2.45. The number of carbonyl (C=O) groups is 1. The van der Waals surface area contributed by atoms with E-state index >= 15 is 0 Å². The summed E-state index contributed by atoms with van der Waals surface area (Å²) < 4.78 is 6.71. The molecule has 1 amide bonds. The minimum absolute atomic E-state index is 0.111. The summed E-state index contributed by atoms with van der Waals surface area (Å²) in [4.78, 5) is 17.9. The first-order valence-corrected chi connectivity index (χ1v) is 10.5. The first-order valence-electron chi connectivity index (χ1n) is 9.65. The lowest BCUT2D eigenvalue weighted by Crippen LogP contribution is -2.23. The molecule has 1 aliphatic rings. The second-order valence-corrected chi connectivity index (χ2v) is 8.63. The first-order chi connectivity index (χ1) is 13.6. The molecule has 0 saturated carbocycles. The summed E-state index contributed by atoms with van der Waals surface area (Å²) in [6.45, 7) is 2.87. The van der Waals surface area contributed by atoms with Gasteiger partial charge in [0.15, 0.2) is 0 Å². The minimum atomic E-state index is 0.111. The van der Waals surface area contributed by atoms with Crippen LogP contribution in [0.5, 0.6) is 5.75 Å². The Morgan fingerprint density at radius 2 is 1.93 bits per heavy atom. The fourth-order valence-electron chi connectivity index (χ4n) is 4.12. The molecule has 1 aliphatic heterocycles. The van der Waals surface area contributed by atoms with Gasteiger partial charge < -0.3 is 9.64 Å². The maximum atomic E-state index is 12.9. The van der Waals surface area contributed by atoms with Gasteiger partial charge in [0.1, 0.15) is 5.75 Å². The summed E-state index contributed by atoms with van der Waals surface area (Å²) in [6.07, 6.45) is 1.07. The lowest BCUT2D eigenvalue weighted by Gasteiger charge is -2.19. The van der Waals surface area contributed by atoms with Crippen LogP contribution in [0.25, 0.3) is 10.1 Å².